The minimum absolute atomic E-state index is 0.822. The Labute approximate surface area is 695 Å². The standard InChI is InChI=1S/C68H114N4O51/c1-15(81)69-29-42(94)52(25(11-79)107-59(29)104)117-62-32(72-18(4)84)43(95)53(26(12-80)114-62)118-67-51(103)57(122-66-50(102)55(38(90)24(10-78)112-66)121-68-58(46(98)37(89)23(9-77)113-68)123-61-31(71-17(3)83)41(93)34(86)20(6-74)109-61)54(119-60-30(70-16(2)82)40(92)33(85)19(5-73)108-60)28(116-67)14-106-64-49(101)56(120-65-48(100)45(97)36(88)22(8-76)111-65)39(91)27(115-64)13-105-63-47(99)44(96)35(87)21(7-75)110-63/h19-68,73-80,85-104H,5-14H2,1-4H3,(H,69,81)(H,70,82)(H,71,83)(H,72,84)/t19-,20-,21-,22-,23-,24-,25-,26-,27-,28-,29-,30-,31-,32-,33-,34-,35-,36-,37-,38-,39-,40-,41-,42-,43-,44+,45+,46+,47-,48+,49+,50+,51+,52-,53-,54-,55+,56+,57-,58+,59-,60+,61+,62+,63+,64+,65-,66-,67+,68-/m1/s1. The van der Waals surface area contributed by atoms with Crippen molar-refractivity contribution >= 4 is 23.6 Å². The first-order valence-corrected chi connectivity index (χ1v) is 39.1. The molecular weight excluding hydrogens is 1690 g/mol. The molecule has 32 N–H and O–H groups in total. The molecule has 0 aromatic heterocycles. The molecule has 712 valence electrons. The van der Waals surface area contributed by atoms with Crippen LogP contribution in [0, 0.1) is 0 Å². The second kappa shape index (κ2) is 44.3. The van der Waals surface area contributed by atoms with E-state index in [9.17, 15) is 162 Å². The van der Waals surface area contributed by atoms with Crippen LogP contribution in [0.5, 0.6) is 0 Å². The van der Waals surface area contributed by atoms with E-state index in [2.05, 4.69) is 21.3 Å². The van der Waals surface area contributed by atoms with E-state index < -0.39 is 397 Å². The fourth-order valence-corrected chi connectivity index (χ4v) is 15.8. The molecule has 0 bridgehead atoms. The van der Waals surface area contributed by atoms with Crippen LogP contribution in [0.2, 0.25) is 0 Å². The second-order valence-corrected chi connectivity index (χ2v) is 31.0. The number of carbonyl (C=O) groups excluding carboxylic acids is 4. The maximum absolute atomic E-state index is 13.2. The number of aliphatic hydroxyl groups excluding tert-OH is 28. The molecule has 0 saturated carbocycles. The lowest BCUT2D eigenvalue weighted by Crippen LogP contribution is -2.71. The second-order valence-electron chi connectivity index (χ2n) is 31.0. The largest absolute Gasteiger partial charge is 0.394 e. The van der Waals surface area contributed by atoms with Crippen molar-refractivity contribution < 1.29 is 252 Å². The van der Waals surface area contributed by atoms with E-state index >= 15 is 0 Å². The molecule has 10 heterocycles. The summed E-state index contributed by atoms with van der Waals surface area (Å²) in [5.74, 6) is -3.72. The van der Waals surface area contributed by atoms with Crippen molar-refractivity contribution in [3.8, 4) is 0 Å². The third kappa shape index (κ3) is 22.4. The number of aliphatic hydroxyl groups is 28. The van der Waals surface area contributed by atoms with E-state index in [0.717, 1.165) is 27.7 Å². The van der Waals surface area contributed by atoms with Gasteiger partial charge in [-0.1, -0.05) is 0 Å². The number of rotatable bonds is 32. The first-order valence-electron chi connectivity index (χ1n) is 39.1. The zero-order valence-electron chi connectivity index (χ0n) is 65.9. The summed E-state index contributed by atoms with van der Waals surface area (Å²) in [6, 6.07) is -7.56. The van der Waals surface area contributed by atoms with Crippen molar-refractivity contribution in [3.05, 3.63) is 0 Å². The summed E-state index contributed by atoms with van der Waals surface area (Å²) in [5.41, 5.74) is 0. The van der Waals surface area contributed by atoms with Crippen molar-refractivity contribution in [1.29, 1.82) is 0 Å². The van der Waals surface area contributed by atoms with Gasteiger partial charge < -0.3 is 254 Å². The number of hydrogen-bond donors (Lipinski definition) is 32. The highest BCUT2D eigenvalue weighted by Gasteiger charge is 2.62. The summed E-state index contributed by atoms with van der Waals surface area (Å²) in [5, 5.41) is 324. The molecule has 55 nitrogen and oxygen atoms in total. The van der Waals surface area contributed by atoms with Gasteiger partial charge in [-0.25, -0.2) is 0 Å². The highest BCUT2D eigenvalue weighted by atomic mass is 16.8. The van der Waals surface area contributed by atoms with Crippen molar-refractivity contribution in [3.63, 3.8) is 0 Å². The van der Waals surface area contributed by atoms with Crippen molar-refractivity contribution in [2.24, 2.45) is 0 Å². The highest BCUT2D eigenvalue weighted by molar-refractivity contribution is 5.74. The van der Waals surface area contributed by atoms with Crippen LogP contribution in [0.15, 0.2) is 0 Å². The molecule has 0 unspecified atom stereocenters. The Balaban J connectivity index is 1.08. The molecule has 0 radical (unpaired) electrons. The molecule has 10 rings (SSSR count). The number of nitrogens with one attached hydrogen (secondary N) is 4. The van der Waals surface area contributed by atoms with Crippen LogP contribution in [0.4, 0.5) is 0 Å². The fourth-order valence-electron chi connectivity index (χ4n) is 15.8. The zero-order chi connectivity index (χ0) is 90.5. The summed E-state index contributed by atoms with van der Waals surface area (Å²) < 4.78 is 114. The molecule has 10 aliphatic heterocycles. The van der Waals surface area contributed by atoms with Crippen molar-refractivity contribution in [1.82, 2.24) is 21.3 Å². The Morgan fingerprint density at radius 1 is 0.211 bits per heavy atom. The lowest BCUT2D eigenvalue weighted by atomic mass is 9.93. The van der Waals surface area contributed by atoms with Gasteiger partial charge in [-0.05, 0) is 0 Å². The average molecular weight is 1800 g/mol. The smallest absolute Gasteiger partial charge is 0.217 e. The molecule has 10 saturated heterocycles. The first-order chi connectivity index (χ1) is 58.2. The van der Waals surface area contributed by atoms with E-state index in [1.54, 1.807) is 0 Å². The molecular formula is C68H114N4O51. The van der Waals surface area contributed by atoms with Gasteiger partial charge in [-0.2, -0.15) is 0 Å². The number of carbonyl (C=O) groups is 4. The zero-order valence-corrected chi connectivity index (χ0v) is 65.9. The summed E-state index contributed by atoms with van der Waals surface area (Å²) in [4.78, 5) is 51.1. The van der Waals surface area contributed by atoms with Crippen LogP contribution in [-0.2, 0) is 109 Å². The van der Waals surface area contributed by atoms with Gasteiger partial charge in [-0.3, -0.25) is 19.2 Å². The lowest BCUT2D eigenvalue weighted by Gasteiger charge is -2.52. The predicted molar refractivity (Wildman–Crippen MR) is 376 cm³/mol. The molecule has 123 heavy (non-hydrogen) atoms. The van der Waals surface area contributed by atoms with E-state index in [-0.39, 0.29) is 0 Å². The normalized spacial score (nSPS) is 49.4. The van der Waals surface area contributed by atoms with Gasteiger partial charge in [-0.15, -0.1) is 0 Å². The Morgan fingerprint density at radius 3 is 0.927 bits per heavy atom. The van der Waals surface area contributed by atoms with Crippen LogP contribution in [0.1, 0.15) is 27.7 Å². The highest BCUT2D eigenvalue weighted by Crippen LogP contribution is 2.41. The van der Waals surface area contributed by atoms with E-state index in [4.69, 9.17) is 90.0 Å². The van der Waals surface area contributed by atoms with Gasteiger partial charge in [0, 0.05) is 27.7 Å². The third-order valence-corrected chi connectivity index (χ3v) is 22.5. The third-order valence-electron chi connectivity index (χ3n) is 22.5. The molecule has 10 aliphatic rings. The Kier molecular flexibility index (Phi) is 36.4. The summed E-state index contributed by atoms with van der Waals surface area (Å²) in [6.45, 7) is -7.77. The molecule has 4 amide bonds. The van der Waals surface area contributed by atoms with Crippen molar-refractivity contribution in [2.75, 3.05) is 66.1 Å². The Bertz CT molecular complexity index is 3310. The molecule has 10 fully saturated rings. The summed E-state index contributed by atoms with van der Waals surface area (Å²) >= 11 is 0. The SMILES string of the molecule is CC(=O)N[C@@H]1[C@@H](O)[C@H](O[C@@H]2O[C@H](CO)[C@@H](O[C@@H]3O[C@H](CO[C@H]4O[C@H](CO[C@H]5O[C@H](CO)[C@@H](O)[C@H](O)[C@H]5O)[C@@H](O)[C@H](O[C@H]5O[C@H](CO)[C@@H](O)[C@H](O)[C@@H]5O)[C@@H]4O)[C@@H](O[C@@H]4O[C@H](CO)[C@@H](O)[C@H](O)[C@H]4NC(C)=O)[C@H](O[C@H]4O[C@H](CO)[C@@H](O)[C@H](O[C@H]5O[C@H](CO)[C@@H](O)[C@H](O)[C@@H]5O[C@@H]5O[C@H](CO)[C@@H](O)[C@H](O)[C@H]5NC(C)=O)[C@@H]4O)[C@@H]3O)[C@H](O)[C@H]2NC(C)=O)[C@@H](CO)O[C@H]1O. The molecule has 50 atom stereocenters. The first kappa shape index (κ1) is 101. The molecule has 0 aliphatic carbocycles. The topological polar surface area (TPSA) is 858 Å². The van der Waals surface area contributed by atoms with Gasteiger partial charge in [0.15, 0.2) is 62.9 Å². The Hall–Kier alpha value is -4.00. The molecule has 0 spiro atoms. The van der Waals surface area contributed by atoms with Crippen LogP contribution >= 0.6 is 0 Å². The summed E-state index contributed by atoms with van der Waals surface area (Å²) in [6.07, 6.45) is -101. The maximum atomic E-state index is 13.2. The predicted octanol–water partition coefficient (Wildman–Crippen LogP) is -22.2. The number of hydrogen-bond acceptors (Lipinski definition) is 51. The fraction of sp³-hybridized carbons (Fsp3) is 0.941. The molecule has 0 aromatic rings. The maximum Gasteiger partial charge on any atom is 0.217 e. The van der Waals surface area contributed by atoms with Crippen LogP contribution in [-0.4, -0.2) is 539 Å². The lowest BCUT2D eigenvalue weighted by molar-refractivity contribution is -0.408. The summed E-state index contributed by atoms with van der Waals surface area (Å²) in [7, 11) is 0. The average Bonchev–Trinajstić information content (AvgIpc) is 0.758. The van der Waals surface area contributed by atoms with Gasteiger partial charge in [0.25, 0.3) is 0 Å². The van der Waals surface area contributed by atoms with Crippen LogP contribution in [0.3, 0.4) is 0 Å². The van der Waals surface area contributed by atoms with Crippen LogP contribution < -0.4 is 21.3 Å². The van der Waals surface area contributed by atoms with Gasteiger partial charge in [0.05, 0.1) is 66.1 Å². The molecule has 55 heteroatoms. The minimum atomic E-state index is -2.76. The van der Waals surface area contributed by atoms with Crippen LogP contribution in [0.25, 0.3) is 0 Å². The van der Waals surface area contributed by atoms with E-state index in [1.807, 2.05) is 0 Å². The van der Waals surface area contributed by atoms with E-state index in [1.165, 1.54) is 0 Å². The minimum Gasteiger partial charge on any atom is -0.394 e. The van der Waals surface area contributed by atoms with Gasteiger partial charge in [0.1, 0.15) is 244 Å². The number of ether oxygens (including phenoxy) is 19. The molecule has 0 aromatic carbocycles. The monoisotopic (exact) mass is 1800 g/mol. The quantitative estimate of drug-likeness (QED) is 0.0297. The Morgan fingerprint density at radius 2 is 0.472 bits per heavy atom. The number of amides is 4. The van der Waals surface area contributed by atoms with Gasteiger partial charge >= 0.3 is 0 Å². The van der Waals surface area contributed by atoms with Crippen molar-refractivity contribution in [2.45, 2.75) is 335 Å². The van der Waals surface area contributed by atoms with Gasteiger partial charge in [0.2, 0.25) is 23.6 Å². The van der Waals surface area contributed by atoms with E-state index in [0.29, 0.717) is 0 Å².